The van der Waals surface area contributed by atoms with Gasteiger partial charge in [-0.25, -0.2) is 23.9 Å². The summed E-state index contributed by atoms with van der Waals surface area (Å²) in [5.74, 6) is 0.988. The zero-order chi connectivity index (χ0) is 26.6. The summed E-state index contributed by atoms with van der Waals surface area (Å²) in [6.07, 6.45) is 4.82. The van der Waals surface area contributed by atoms with E-state index < -0.39 is 15.9 Å². The monoisotopic (exact) mass is 526 g/mol. The van der Waals surface area contributed by atoms with Crippen LogP contribution in [0, 0.1) is 0 Å². The Hall–Kier alpha value is -3.74. The Labute approximate surface area is 215 Å². The van der Waals surface area contributed by atoms with Crippen LogP contribution in [0.25, 0.3) is 0 Å². The number of hydroxylamine groups is 1. The van der Waals surface area contributed by atoms with E-state index in [0.717, 1.165) is 24.7 Å². The molecule has 2 heterocycles. The van der Waals surface area contributed by atoms with Gasteiger partial charge in [-0.2, -0.15) is 0 Å². The second kappa shape index (κ2) is 11.1. The first-order valence-corrected chi connectivity index (χ1v) is 13.6. The Morgan fingerprint density at radius 3 is 2.51 bits per heavy atom. The van der Waals surface area contributed by atoms with E-state index in [1.54, 1.807) is 43.5 Å². The second-order valence-electron chi connectivity index (χ2n) is 8.70. The van der Waals surface area contributed by atoms with Gasteiger partial charge in [-0.05, 0) is 67.1 Å². The van der Waals surface area contributed by atoms with Gasteiger partial charge in [0.05, 0.1) is 36.4 Å². The topological polar surface area (TPSA) is 146 Å². The van der Waals surface area contributed by atoms with E-state index in [4.69, 9.17) is 4.84 Å². The fraction of sp³-hybridized carbons (Fsp3) is 0.320. The number of benzene rings is 1. The summed E-state index contributed by atoms with van der Waals surface area (Å²) in [6.45, 7) is 1.91. The highest BCUT2D eigenvalue weighted by Gasteiger charge is 2.26. The Balaban J connectivity index is 1.72. The molecule has 0 saturated heterocycles. The van der Waals surface area contributed by atoms with Crippen molar-refractivity contribution in [1.29, 1.82) is 0 Å². The Kier molecular flexibility index (Phi) is 7.91. The number of hydrogen-bond acceptors (Lipinski definition) is 9. The molecule has 12 heteroatoms. The van der Waals surface area contributed by atoms with E-state index in [1.165, 1.54) is 11.4 Å². The van der Waals surface area contributed by atoms with Crippen molar-refractivity contribution in [3.63, 3.8) is 0 Å². The van der Waals surface area contributed by atoms with Crippen molar-refractivity contribution in [3.05, 3.63) is 65.4 Å². The van der Waals surface area contributed by atoms with Crippen molar-refractivity contribution in [2.75, 3.05) is 34.8 Å². The molecule has 1 aliphatic carbocycles. The first-order valence-electron chi connectivity index (χ1n) is 11.8. The van der Waals surface area contributed by atoms with Gasteiger partial charge in [0.25, 0.3) is 5.91 Å². The number of rotatable bonds is 11. The third kappa shape index (κ3) is 6.53. The van der Waals surface area contributed by atoms with Crippen LogP contribution in [0.3, 0.4) is 0 Å². The normalized spacial score (nSPS) is 13.2. The number of aliphatic hydroxyl groups is 1. The molecule has 4 rings (SSSR count). The smallest absolute Gasteiger partial charge is 0.278 e. The molecule has 1 fully saturated rings. The summed E-state index contributed by atoms with van der Waals surface area (Å²) in [5.41, 5.74) is 5.21. The van der Waals surface area contributed by atoms with E-state index in [2.05, 4.69) is 26.1 Å². The first-order chi connectivity index (χ1) is 17.7. The molecule has 4 N–H and O–H groups in total. The highest BCUT2D eigenvalue weighted by molar-refractivity contribution is 7.92. The van der Waals surface area contributed by atoms with E-state index in [-0.39, 0.29) is 24.6 Å². The number of pyridine rings is 2. The number of hydrogen-bond donors (Lipinski definition) is 4. The maximum absolute atomic E-state index is 12.8. The van der Waals surface area contributed by atoms with E-state index in [9.17, 15) is 18.3 Å². The minimum absolute atomic E-state index is 0.118. The predicted molar refractivity (Wildman–Crippen MR) is 142 cm³/mol. The van der Waals surface area contributed by atoms with Gasteiger partial charge in [-0.15, -0.1) is 0 Å². The molecule has 1 saturated carbocycles. The number of anilines is 5. The molecule has 0 spiro atoms. The minimum atomic E-state index is -3.55. The summed E-state index contributed by atoms with van der Waals surface area (Å²) >= 11 is 0. The van der Waals surface area contributed by atoms with Gasteiger partial charge in [0.2, 0.25) is 10.0 Å². The molecule has 1 amide bonds. The van der Waals surface area contributed by atoms with Crippen LogP contribution < -0.4 is 20.4 Å². The number of amides is 1. The number of nitrogens with one attached hydrogen (secondary N) is 3. The molecular weight excluding hydrogens is 496 g/mol. The molecule has 1 aromatic carbocycles. The second-order valence-corrected chi connectivity index (χ2v) is 10.7. The lowest BCUT2D eigenvalue weighted by Gasteiger charge is -2.22. The maximum Gasteiger partial charge on any atom is 0.278 e. The predicted octanol–water partition coefficient (Wildman–Crippen LogP) is 3.41. The van der Waals surface area contributed by atoms with Crippen molar-refractivity contribution >= 4 is 44.8 Å². The SMILES string of the molecule is CCONC(=O)c1ccc(Nc2ccc(CO)cn2)nc1Nc1ccc(C2CC2)cc1N(C)S(C)(=O)=O. The van der Waals surface area contributed by atoms with Gasteiger partial charge in [-0.1, -0.05) is 12.1 Å². The third-order valence-corrected chi connectivity index (χ3v) is 7.06. The molecule has 1 aliphatic rings. The van der Waals surface area contributed by atoms with E-state index in [1.807, 2.05) is 12.1 Å². The molecule has 0 atom stereocenters. The van der Waals surface area contributed by atoms with Crippen LogP contribution >= 0.6 is 0 Å². The number of sulfonamides is 1. The van der Waals surface area contributed by atoms with Gasteiger partial charge in [0, 0.05) is 13.2 Å². The van der Waals surface area contributed by atoms with E-state index in [0.29, 0.717) is 34.5 Å². The van der Waals surface area contributed by atoms with Crippen molar-refractivity contribution in [3.8, 4) is 0 Å². The molecule has 196 valence electrons. The van der Waals surface area contributed by atoms with Crippen molar-refractivity contribution in [2.24, 2.45) is 0 Å². The van der Waals surface area contributed by atoms with Gasteiger partial charge >= 0.3 is 0 Å². The summed E-state index contributed by atoms with van der Waals surface area (Å²) in [5, 5.41) is 15.5. The lowest BCUT2D eigenvalue weighted by molar-refractivity contribution is 0.0365. The van der Waals surface area contributed by atoms with Crippen LogP contribution in [0.15, 0.2) is 48.7 Å². The van der Waals surface area contributed by atoms with Crippen molar-refractivity contribution in [2.45, 2.75) is 32.3 Å². The summed E-state index contributed by atoms with van der Waals surface area (Å²) in [7, 11) is -2.06. The lowest BCUT2D eigenvalue weighted by atomic mass is 10.1. The molecule has 3 aromatic rings. The maximum atomic E-state index is 12.8. The van der Waals surface area contributed by atoms with Crippen LogP contribution in [0.5, 0.6) is 0 Å². The Morgan fingerprint density at radius 1 is 1.14 bits per heavy atom. The molecule has 0 radical (unpaired) electrons. The fourth-order valence-electron chi connectivity index (χ4n) is 3.61. The Bertz CT molecular complexity index is 1380. The van der Waals surface area contributed by atoms with Crippen LogP contribution in [-0.4, -0.2) is 49.3 Å². The lowest BCUT2D eigenvalue weighted by Crippen LogP contribution is -2.26. The number of aliphatic hydroxyl groups excluding tert-OH is 1. The zero-order valence-corrected chi connectivity index (χ0v) is 21.7. The van der Waals surface area contributed by atoms with Crippen LogP contribution in [0.4, 0.5) is 28.8 Å². The van der Waals surface area contributed by atoms with Gasteiger partial charge in [-0.3, -0.25) is 13.9 Å². The number of carbonyl (C=O) groups excluding carboxylic acids is 1. The average Bonchev–Trinajstić information content (AvgIpc) is 3.73. The van der Waals surface area contributed by atoms with Crippen LogP contribution in [0.1, 0.15) is 47.2 Å². The number of carbonyl (C=O) groups is 1. The minimum Gasteiger partial charge on any atom is -0.392 e. The quantitative estimate of drug-likeness (QED) is 0.276. The molecule has 0 unspecified atom stereocenters. The molecular formula is C25H30N6O5S. The van der Waals surface area contributed by atoms with Crippen molar-refractivity contribution in [1.82, 2.24) is 15.4 Å². The summed E-state index contributed by atoms with van der Waals surface area (Å²) in [6, 6.07) is 12.2. The number of nitrogens with zero attached hydrogens (tertiary/aromatic N) is 3. The third-order valence-electron chi connectivity index (χ3n) is 5.87. The van der Waals surface area contributed by atoms with Crippen LogP contribution in [0.2, 0.25) is 0 Å². The summed E-state index contributed by atoms with van der Waals surface area (Å²) in [4.78, 5) is 26.7. The van der Waals surface area contributed by atoms with E-state index >= 15 is 0 Å². The summed E-state index contributed by atoms with van der Waals surface area (Å²) < 4.78 is 26.0. The highest BCUT2D eigenvalue weighted by Crippen LogP contribution is 2.43. The molecule has 0 bridgehead atoms. The van der Waals surface area contributed by atoms with Gasteiger partial charge < -0.3 is 15.7 Å². The highest BCUT2D eigenvalue weighted by atomic mass is 32.2. The Morgan fingerprint density at radius 2 is 1.89 bits per heavy atom. The average molecular weight is 527 g/mol. The molecule has 2 aromatic heterocycles. The molecule has 37 heavy (non-hydrogen) atoms. The van der Waals surface area contributed by atoms with Crippen LogP contribution in [-0.2, 0) is 21.5 Å². The van der Waals surface area contributed by atoms with Gasteiger partial charge in [0.15, 0.2) is 0 Å². The largest absolute Gasteiger partial charge is 0.392 e. The number of aromatic nitrogens is 2. The molecule has 0 aliphatic heterocycles. The molecule has 11 nitrogen and oxygen atoms in total. The zero-order valence-electron chi connectivity index (χ0n) is 20.9. The van der Waals surface area contributed by atoms with Gasteiger partial charge in [0.1, 0.15) is 17.5 Å². The standard InChI is InChI=1S/C25H30N6O5S/c1-4-36-30-25(33)19-9-12-23(28-22-11-5-16(15-32)14-26-22)29-24(19)27-20-10-8-18(17-6-7-17)13-21(20)31(2)37(3,34)35/h5,8-14,17,32H,4,6-7,15H2,1-3H3,(H,30,33)(H2,26,27,28,29). The van der Waals surface area contributed by atoms with Crippen molar-refractivity contribution < 1.29 is 23.2 Å². The fourth-order valence-corrected chi connectivity index (χ4v) is 4.12. The first kappa shape index (κ1) is 26.3.